The van der Waals surface area contributed by atoms with Gasteiger partial charge in [-0.2, -0.15) is 0 Å². The summed E-state index contributed by atoms with van der Waals surface area (Å²) in [5.41, 5.74) is 1.31. The van der Waals surface area contributed by atoms with Crippen LogP contribution in [0.4, 0.5) is 0 Å². The molecule has 2 rings (SSSR count). The SMILES string of the molecule is Brc1cccc(CNCCCn2ccnc2)c1.Cl.Cl. The molecule has 0 unspecified atom stereocenters. The van der Waals surface area contributed by atoms with Crippen LogP contribution in [0.25, 0.3) is 0 Å². The van der Waals surface area contributed by atoms with Crippen molar-refractivity contribution in [3.8, 4) is 0 Å². The molecular formula is C13H18BrCl2N3. The molecule has 0 spiro atoms. The Morgan fingerprint density at radius 1 is 1.26 bits per heavy atom. The van der Waals surface area contributed by atoms with Crippen molar-refractivity contribution < 1.29 is 0 Å². The number of aryl methyl sites for hydroxylation is 1. The van der Waals surface area contributed by atoms with E-state index in [9.17, 15) is 0 Å². The van der Waals surface area contributed by atoms with Crippen LogP contribution in [0.3, 0.4) is 0 Å². The van der Waals surface area contributed by atoms with Crippen molar-refractivity contribution in [1.29, 1.82) is 0 Å². The Bertz CT molecular complexity index is 449. The maximum absolute atomic E-state index is 4.02. The molecule has 0 aliphatic heterocycles. The standard InChI is InChI=1S/C13H16BrN3.2ClH/c14-13-4-1-3-12(9-13)10-15-5-2-7-17-8-6-16-11-17;;/h1,3-4,6,8-9,11,15H,2,5,7,10H2;2*1H. The van der Waals surface area contributed by atoms with E-state index >= 15 is 0 Å². The summed E-state index contributed by atoms with van der Waals surface area (Å²) in [6.07, 6.45) is 6.78. The van der Waals surface area contributed by atoms with Crippen LogP contribution >= 0.6 is 40.7 Å². The average molecular weight is 367 g/mol. The van der Waals surface area contributed by atoms with Crippen LogP contribution in [0, 0.1) is 0 Å². The number of hydrogen-bond acceptors (Lipinski definition) is 2. The molecule has 0 fully saturated rings. The lowest BCUT2D eigenvalue weighted by molar-refractivity contribution is 0.580. The van der Waals surface area contributed by atoms with Gasteiger partial charge in [-0.25, -0.2) is 4.98 Å². The smallest absolute Gasteiger partial charge is 0.0945 e. The van der Waals surface area contributed by atoms with E-state index in [4.69, 9.17) is 0 Å². The number of aromatic nitrogens is 2. The first-order valence-corrected chi connectivity index (χ1v) is 6.55. The second kappa shape index (κ2) is 10.3. The molecule has 1 N–H and O–H groups in total. The fourth-order valence-electron chi connectivity index (χ4n) is 1.69. The van der Waals surface area contributed by atoms with Gasteiger partial charge in [0.1, 0.15) is 0 Å². The lowest BCUT2D eigenvalue weighted by atomic mass is 10.2. The van der Waals surface area contributed by atoms with Crippen LogP contribution in [0.1, 0.15) is 12.0 Å². The van der Waals surface area contributed by atoms with Gasteiger partial charge in [-0.15, -0.1) is 24.8 Å². The van der Waals surface area contributed by atoms with Gasteiger partial charge in [-0.3, -0.25) is 0 Å². The quantitative estimate of drug-likeness (QED) is 0.790. The number of hydrogen-bond donors (Lipinski definition) is 1. The minimum Gasteiger partial charge on any atom is -0.337 e. The molecule has 0 saturated heterocycles. The number of rotatable bonds is 6. The topological polar surface area (TPSA) is 29.9 Å². The minimum atomic E-state index is 0. The summed E-state index contributed by atoms with van der Waals surface area (Å²) in [7, 11) is 0. The second-order valence-corrected chi connectivity index (χ2v) is 4.88. The summed E-state index contributed by atoms with van der Waals surface area (Å²) >= 11 is 3.47. The molecule has 106 valence electrons. The van der Waals surface area contributed by atoms with Crippen LogP contribution < -0.4 is 5.32 Å². The highest BCUT2D eigenvalue weighted by atomic mass is 79.9. The molecule has 2 aromatic rings. The van der Waals surface area contributed by atoms with Gasteiger partial charge in [0.05, 0.1) is 6.33 Å². The molecule has 1 heterocycles. The number of benzene rings is 1. The Labute approximate surface area is 134 Å². The number of halogens is 3. The summed E-state index contributed by atoms with van der Waals surface area (Å²) in [6, 6.07) is 8.38. The molecule has 19 heavy (non-hydrogen) atoms. The fraction of sp³-hybridized carbons (Fsp3) is 0.308. The Morgan fingerprint density at radius 2 is 2.11 bits per heavy atom. The third kappa shape index (κ3) is 6.97. The van der Waals surface area contributed by atoms with E-state index in [1.807, 2.05) is 24.8 Å². The molecule has 0 aliphatic rings. The molecule has 1 aromatic heterocycles. The Kier molecular flexibility index (Phi) is 9.97. The highest BCUT2D eigenvalue weighted by molar-refractivity contribution is 9.10. The monoisotopic (exact) mass is 365 g/mol. The van der Waals surface area contributed by atoms with Gasteiger partial charge in [0.2, 0.25) is 0 Å². The average Bonchev–Trinajstić information content (AvgIpc) is 2.82. The first-order chi connectivity index (χ1) is 8.34. The number of nitrogens with zero attached hydrogens (tertiary/aromatic N) is 2. The van der Waals surface area contributed by atoms with Gasteiger partial charge in [-0.05, 0) is 30.7 Å². The summed E-state index contributed by atoms with van der Waals surface area (Å²) in [5, 5.41) is 3.44. The highest BCUT2D eigenvalue weighted by Crippen LogP contribution is 2.11. The number of nitrogens with one attached hydrogen (secondary N) is 1. The maximum Gasteiger partial charge on any atom is 0.0945 e. The molecular weight excluding hydrogens is 349 g/mol. The summed E-state index contributed by atoms with van der Waals surface area (Å²) in [5.74, 6) is 0. The normalized spacial score (nSPS) is 9.53. The van der Waals surface area contributed by atoms with Gasteiger partial charge in [-0.1, -0.05) is 28.1 Å². The molecule has 0 bridgehead atoms. The Balaban J connectivity index is 0.00000162. The van der Waals surface area contributed by atoms with Crippen LogP contribution in [-0.2, 0) is 13.1 Å². The zero-order valence-corrected chi connectivity index (χ0v) is 13.7. The van der Waals surface area contributed by atoms with E-state index in [1.54, 1.807) is 0 Å². The Morgan fingerprint density at radius 3 is 2.79 bits per heavy atom. The molecule has 6 heteroatoms. The lowest BCUT2D eigenvalue weighted by Gasteiger charge is -2.05. The van der Waals surface area contributed by atoms with E-state index in [0.29, 0.717) is 0 Å². The van der Waals surface area contributed by atoms with E-state index in [2.05, 4.69) is 49.0 Å². The fourth-order valence-corrected chi connectivity index (χ4v) is 2.13. The largest absolute Gasteiger partial charge is 0.337 e. The number of imidazole rings is 1. The van der Waals surface area contributed by atoms with E-state index in [-0.39, 0.29) is 24.8 Å². The van der Waals surface area contributed by atoms with Crippen LogP contribution in [0.2, 0.25) is 0 Å². The first kappa shape index (κ1) is 18.4. The van der Waals surface area contributed by atoms with Crippen molar-refractivity contribution >= 4 is 40.7 Å². The van der Waals surface area contributed by atoms with Gasteiger partial charge in [0.15, 0.2) is 0 Å². The van der Waals surface area contributed by atoms with Gasteiger partial charge in [0, 0.05) is 30.0 Å². The van der Waals surface area contributed by atoms with Crippen LogP contribution in [-0.4, -0.2) is 16.1 Å². The summed E-state index contributed by atoms with van der Waals surface area (Å²) in [4.78, 5) is 4.02. The maximum atomic E-state index is 4.02. The third-order valence-corrected chi connectivity index (χ3v) is 3.04. The molecule has 0 amide bonds. The molecule has 0 radical (unpaired) electrons. The van der Waals surface area contributed by atoms with Crippen molar-refractivity contribution in [2.75, 3.05) is 6.54 Å². The zero-order chi connectivity index (χ0) is 11.9. The second-order valence-electron chi connectivity index (χ2n) is 3.96. The van der Waals surface area contributed by atoms with Crippen LogP contribution in [0.15, 0.2) is 47.5 Å². The first-order valence-electron chi connectivity index (χ1n) is 5.75. The third-order valence-electron chi connectivity index (χ3n) is 2.55. The molecule has 0 aliphatic carbocycles. The van der Waals surface area contributed by atoms with Gasteiger partial charge in [0.25, 0.3) is 0 Å². The van der Waals surface area contributed by atoms with Crippen molar-refractivity contribution in [2.45, 2.75) is 19.5 Å². The van der Waals surface area contributed by atoms with Crippen molar-refractivity contribution in [3.63, 3.8) is 0 Å². The highest BCUT2D eigenvalue weighted by Gasteiger charge is 1.94. The van der Waals surface area contributed by atoms with Gasteiger partial charge < -0.3 is 9.88 Å². The van der Waals surface area contributed by atoms with Crippen molar-refractivity contribution in [1.82, 2.24) is 14.9 Å². The van der Waals surface area contributed by atoms with E-state index < -0.39 is 0 Å². The molecule has 1 aromatic carbocycles. The predicted octanol–water partition coefficient (Wildman–Crippen LogP) is 3.67. The van der Waals surface area contributed by atoms with E-state index in [0.717, 1.165) is 30.5 Å². The predicted molar refractivity (Wildman–Crippen MR) is 87.2 cm³/mol. The lowest BCUT2D eigenvalue weighted by Crippen LogP contribution is -2.16. The van der Waals surface area contributed by atoms with Crippen molar-refractivity contribution in [3.05, 3.63) is 53.0 Å². The minimum absolute atomic E-state index is 0. The van der Waals surface area contributed by atoms with Crippen molar-refractivity contribution in [2.24, 2.45) is 0 Å². The molecule has 0 atom stereocenters. The molecule has 0 saturated carbocycles. The summed E-state index contributed by atoms with van der Waals surface area (Å²) < 4.78 is 3.23. The zero-order valence-electron chi connectivity index (χ0n) is 10.5. The summed E-state index contributed by atoms with van der Waals surface area (Å²) in [6.45, 7) is 2.96. The Hall–Kier alpha value is -0.550. The molecule has 3 nitrogen and oxygen atoms in total. The van der Waals surface area contributed by atoms with Crippen LogP contribution in [0.5, 0.6) is 0 Å². The van der Waals surface area contributed by atoms with Gasteiger partial charge >= 0.3 is 0 Å². The van der Waals surface area contributed by atoms with E-state index in [1.165, 1.54) is 5.56 Å².